The minimum Gasteiger partial charge on any atom is -0.508 e. The van der Waals surface area contributed by atoms with Gasteiger partial charge in [0.15, 0.2) is 0 Å². The van der Waals surface area contributed by atoms with Crippen molar-refractivity contribution in [3.8, 4) is 5.75 Å². The number of carboxylic acid groups (broad SMARTS) is 1. The second-order valence-corrected chi connectivity index (χ2v) is 6.76. The number of aromatic hydroxyl groups is 1. The molecule has 0 bridgehead atoms. The van der Waals surface area contributed by atoms with E-state index in [1.807, 2.05) is 0 Å². The van der Waals surface area contributed by atoms with Crippen LogP contribution in [0.5, 0.6) is 5.75 Å². The number of aliphatic carboxylic acids is 1. The van der Waals surface area contributed by atoms with E-state index in [1.165, 1.54) is 18.2 Å². The Bertz CT molecular complexity index is 832. The van der Waals surface area contributed by atoms with Crippen LogP contribution < -0.4 is 4.31 Å². The molecule has 0 saturated heterocycles. The molecule has 0 radical (unpaired) electrons. The Morgan fingerprint density at radius 3 is 2.45 bits per heavy atom. The zero-order valence-corrected chi connectivity index (χ0v) is 12.2. The number of sulfonamides is 1. The molecule has 0 aromatic heterocycles. The van der Waals surface area contributed by atoms with Crippen LogP contribution in [-0.4, -0.2) is 24.6 Å². The van der Waals surface area contributed by atoms with Crippen molar-refractivity contribution in [1.82, 2.24) is 0 Å². The lowest BCUT2D eigenvalue weighted by Crippen LogP contribution is -2.29. The molecule has 0 fully saturated rings. The molecule has 3 rings (SSSR count). The van der Waals surface area contributed by atoms with Gasteiger partial charge in [-0.25, -0.2) is 8.42 Å². The summed E-state index contributed by atoms with van der Waals surface area (Å²) < 4.78 is 26.6. The second kappa shape index (κ2) is 5.03. The summed E-state index contributed by atoms with van der Waals surface area (Å²) in [7, 11) is -3.85. The highest BCUT2D eigenvalue weighted by atomic mass is 32.2. The molecule has 1 atom stereocenters. The number of para-hydroxylation sites is 1. The number of anilines is 1. The molecule has 0 saturated carbocycles. The van der Waals surface area contributed by atoms with Crippen LogP contribution in [0.15, 0.2) is 53.4 Å². The standard InChI is InChI=1S/C15H13NO5S/c17-11-6-7-14-12(8-11)13(9-15(18)19)16(22(14,20)21)10-4-2-1-3-5-10/h1-8,13,17H,9H2,(H,18,19). The van der Waals surface area contributed by atoms with Crippen molar-refractivity contribution in [2.75, 3.05) is 4.31 Å². The number of benzene rings is 2. The smallest absolute Gasteiger partial charge is 0.305 e. The summed E-state index contributed by atoms with van der Waals surface area (Å²) in [5.74, 6) is -1.21. The van der Waals surface area contributed by atoms with Gasteiger partial charge in [-0.1, -0.05) is 18.2 Å². The first-order valence-electron chi connectivity index (χ1n) is 6.55. The molecule has 1 aliphatic heterocycles. The van der Waals surface area contributed by atoms with E-state index in [9.17, 15) is 18.3 Å². The van der Waals surface area contributed by atoms with Crippen LogP contribution in [0.25, 0.3) is 0 Å². The minimum absolute atomic E-state index is 0.0282. The number of hydrogen-bond donors (Lipinski definition) is 2. The van der Waals surface area contributed by atoms with Crippen molar-refractivity contribution in [3.05, 3.63) is 54.1 Å². The number of carbonyl (C=O) groups is 1. The van der Waals surface area contributed by atoms with Crippen molar-refractivity contribution >= 4 is 21.7 Å². The topological polar surface area (TPSA) is 94.9 Å². The number of hydrogen-bond acceptors (Lipinski definition) is 4. The molecular weight excluding hydrogens is 306 g/mol. The first-order valence-corrected chi connectivity index (χ1v) is 7.99. The van der Waals surface area contributed by atoms with Crippen molar-refractivity contribution in [3.63, 3.8) is 0 Å². The molecule has 114 valence electrons. The van der Waals surface area contributed by atoms with Crippen molar-refractivity contribution in [2.45, 2.75) is 17.4 Å². The van der Waals surface area contributed by atoms with E-state index in [4.69, 9.17) is 5.11 Å². The van der Waals surface area contributed by atoms with Gasteiger partial charge in [0.2, 0.25) is 0 Å². The Morgan fingerprint density at radius 1 is 1.14 bits per heavy atom. The van der Waals surface area contributed by atoms with Gasteiger partial charge in [-0.3, -0.25) is 9.10 Å². The number of phenolic OH excluding ortho intramolecular Hbond substituents is 1. The SMILES string of the molecule is O=C(O)CC1c2cc(O)ccc2S(=O)(=O)N1c1ccccc1. The minimum atomic E-state index is -3.85. The Morgan fingerprint density at radius 2 is 1.82 bits per heavy atom. The first kappa shape index (κ1) is 14.4. The van der Waals surface area contributed by atoms with E-state index in [0.717, 1.165) is 4.31 Å². The highest BCUT2D eigenvalue weighted by molar-refractivity contribution is 7.93. The van der Waals surface area contributed by atoms with Gasteiger partial charge < -0.3 is 10.2 Å². The van der Waals surface area contributed by atoms with Gasteiger partial charge in [0, 0.05) is 5.56 Å². The van der Waals surface area contributed by atoms with Gasteiger partial charge in [0.05, 0.1) is 23.0 Å². The third kappa shape index (κ3) is 2.19. The van der Waals surface area contributed by atoms with Crippen molar-refractivity contribution in [2.24, 2.45) is 0 Å². The van der Waals surface area contributed by atoms with E-state index in [-0.39, 0.29) is 17.1 Å². The highest BCUT2D eigenvalue weighted by Crippen LogP contribution is 2.45. The number of phenols is 1. The summed E-state index contributed by atoms with van der Waals surface area (Å²) in [5, 5.41) is 18.7. The summed E-state index contributed by atoms with van der Waals surface area (Å²) in [6, 6.07) is 11.3. The molecule has 2 aromatic rings. The fourth-order valence-electron chi connectivity index (χ4n) is 2.68. The van der Waals surface area contributed by atoms with E-state index >= 15 is 0 Å². The monoisotopic (exact) mass is 319 g/mol. The van der Waals surface area contributed by atoms with Gasteiger partial charge in [0.25, 0.3) is 10.0 Å². The van der Waals surface area contributed by atoms with Crippen molar-refractivity contribution in [1.29, 1.82) is 0 Å². The summed E-state index contributed by atoms with van der Waals surface area (Å²) in [5.41, 5.74) is 0.690. The molecule has 7 heteroatoms. The molecule has 2 aromatic carbocycles. The van der Waals surface area contributed by atoms with E-state index in [0.29, 0.717) is 11.3 Å². The lowest BCUT2D eigenvalue weighted by molar-refractivity contribution is -0.137. The third-order valence-corrected chi connectivity index (χ3v) is 5.46. The quantitative estimate of drug-likeness (QED) is 0.903. The predicted octanol–water partition coefficient (Wildman–Crippen LogP) is 2.12. The number of fused-ring (bicyclic) bond motifs is 1. The van der Waals surface area contributed by atoms with E-state index in [1.54, 1.807) is 30.3 Å². The van der Waals surface area contributed by atoms with Gasteiger partial charge >= 0.3 is 5.97 Å². The molecular formula is C15H13NO5S. The predicted molar refractivity (Wildman–Crippen MR) is 79.2 cm³/mol. The van der Waals surface area contributed by atoms with Crippen LogP contribution in [-0.2, 0) is 14.8 Å². The molecule has 1 aliphatic rings. The Hall–Kier alpha value is -2.54. The van der Waals surface area contributed by atoms with Crippen LogP contribution in [0.3, 0.4) is 0 Å². The van der Waals surface area contributed by atoms with Gasteiger partial charge in [-0.2, -0.15) is 0 Å². The maximum atomic E-state index is 12.7. The molecule has 1 heterocycles. The van der Waals surface area contributed by atoms with E-state index < -0.39 is 22.0 Å². The van der Waals surface area contributed by atoms with Crippen LogP contribution in [0.4, 0.5) is 5.69 Å². The van der Waals surface area contributed by atoms with E-state index in [2.05, 4.69) is 0 Å². The van der Waals surface area contributed by atoms with Crippen molar-refractivity contribution < 1.29 is 23.4 Å². The fraction of sp³-hybridized carbons (Fsp3) is 0.133. The third-order valence-electron chi connectivity index (χ3n) is 3.55. The zero-order valence-electron chi connectivity index (χ0n) is 11.4. The number of carboxylic acids is 1. The Balaban J connectivity index is 2.22. The number of nitrogens with zero attached hydrogens (tertiary/aromatic N) is 1. The normalized spacial score (nSPS) is 18.9. The van der Waals surface area contributed by atoms with Gasteiger partial charge in [-0.05, 0) is 30.3 Å². The maximum Gasteiger partial charge on any atom is 0.305 e. The van der Waals surface area contributed by atoms with Crippen LogP contribution in [0.2, 0.25) is 0 Å². The lowest BCUT2D eigenvalue weighted by Gasteiger charge is -2.24. The molecule has 0 aliphatic carbocycles. The molecule has 2 N–H and O–H groups in total. The molecule has 1 unspecified atom stereocenters. The molecule has 0 spiro atoms. The molecule has 6 nitrogen and oxygen atoms in total. The summed E-state index contributed by atoms with van der Waals surface area (Å²) >= 11 is 0. The Labute approximate surface area is 127 Å². The fourth-order valence-corrected chi connectivity index (χ4v) is 4.55. The maximum absolute atomic E-state index is 12.7. The molecule has 0 amide bonds. The first-order chi connectivity index (χ1) is 10.4. The lowest BCUT2D eigenvalue weighted by atomic mass is 10.0. The second-order valence-electron chi connectivity index (χ2n) is 4.97. The highest BCUT2D eigenvalue weighted by Gasteiger charge is 2.43. The summed E-state index contributed by atoms with van der Waals surface area (Å²) in [6.07, 6.45) is -0.384. The summed E-state index contributed by atoms with van der Waals surface area (Å²) in [6.45, 7) is 0. The van der Waals surface area contributed by atoms with Crippen LogP contribution in [0.1, 0.15) is 18.0 Å². The number of rotatable bonds is 3. The molecule has 22 heavy (non-hydrogen) atoms. The van der Waals surface area contributed by atoms with Crippen LogP contribution in [0, 0.1) is 0 Å². The average Bonchev–Trinajstić information content (AvgIpc) is 2.66. The van der Waals surface area contributed by atoms with Crippen LogP contribution >= 0.6 is 0 Å². The van der Waals surface area contributed by atoms with Gasteiger partial charge in [0.1, 0.15) is 5.75 Å². The average molecular weight is 319 g/mol. The zero-order chi connectivity index (χ0) is 15.9. The van der Waals surface area contributed by atoms with Gasteiger partial charge in [-0.15, -0.1) is 0 Å². The Kier molecular flexibility index (Phi) is 3.29. The largest absolute Gasteiger partial charge is 0.508 e. The summed E-state index contributed by atoms with van der Waals surface area (Å²) in [4.78, 5) is 11.2.